The minimum atomic E-state index is 0.120. The molecular weight excluding hydrogens is 305 g/mol. The molecule has 90 valence electrons. The molecule has 2 aromatic rings. The van der Waals surface area contributed by atoms with E-state index in [-0.39, 0.29) is 6.04 Å². The van der Waals surface area contributed by atoms with Crippen molar-refractivity contribution in [1.29, 1.82) is 0 Å². The number of halogens is 2. The van der Waals surface area contributed by atoms with Gasteiger partial charge in [0.05, 0.1) is 6.54 Å². The fourth-order valence-corrected chi connectivity index (χ4v) is 2.31. The lowest BCUT2D eigenvalue weighted by molar-refractivity contribution is 0.405. The van der Waals surface area contributed by atoms with Crippen molar-refractivity contribution in [2.75, 3.05) is 0 Å². The van der Waals surface area contributed by atoms with Crippen LogP contribution in [0.5, 0.6) is 0 Å². The summed E-state index contributed by atoms with van der Waals surface area (Å²) in [5.41, 5.74) is 1.04. The van der Waals surface area contributed by atoms with E-state index < -0.39 is 0 Å². The molecule has 0 aliphatic carbocycles. The van der Waals surface area contributed by atoms with E-state index in [1.54, 1.807) is 0 Å². The van der Waals surface area contributed by atoms with Gasteiger partial charge in [0.1, 0.15) is 0 Å². The maximum Gasteiger partial charge on any atom is 0.213 e. The third-order valence-corrected chi connectivity index (χ3v) is 3.22. The first kappa shape index (κ1) is 12.5. The topological polar surface area (TPSA) is 51.0 Å². The van der Waals surface area contributed by atoms with E-state index in [2.05, 4.69) is 35.9 Å². The van der Waals surface area contributed by atoms with Crippen LogP contribution in [0.2, 0.25) is 5.02 Å². The highest BCUT2D eigenvalue weighted by atomic mass is 79.9. The van der Waals surface area contributed by atoms with Gasteiger partial charge in [0, 0.05) is 15.5 Å². The van der Waals surface area contributed by atoms with Gasteiger partial charge in [-0.3, -0.25) is 0 Å². The predicted octanol–water partition coefficient (Wildman–Crippen LogP) is 3.34. The third-order valence-electron chi connectivity index (χ3n) is 2.40. The van der Waals surface area contributed by atoms with Crippen LogP contribution in [0.25, 0.3) is 0 Å². The van der Waals surface area contributed by atoms with Crippen LogP contribution < -0.4 is 5.32 Å². The van der Waals surface area contributed by atoms with Crippen molar-refractivity contribution >= 4 is 27.5 Å². The molecule has 0 fully saturated rings. The lowest BCUT2D eigenvalue weighted by atomic mass is 10.1. The summed E-state index contributed by atoms with van der Waals surface area (Å²) in [6.07, 6.45) is 1.31. The zero-order valence-electron chi connectivity index (χ0n) is 9.15. The van der Waals surface area contributed by atoms with Crippen LogP contribution >= 0.6 is 27.5 Å². The Hall–Kier alpha value is -0.910. The highest BCUT2D eigenvalue weighted by Crippen LogP contribution is 2.26. The number of hydrogen-bond donors (Lipinski definition) is 1. The van der Waals surface area contributed by atoms with Crippen molar-refractivity contribution in [1.82, 2.24) is 15.5 Å². The molecule has 0 saturated heterocycles. The molecule has 0 aliphatic heterocycles. The number of rotatable bonds is 4. The smallest absolute Gasteiger partial charge is 0.213 e. The Balaban J connectivity index is 2.01. The van der Waals surface area contributed by atoms with E-state index >= 15 is 0 Å². The normalized spacial score (nSPS) is 12.6. The number of nitrogens with one attached hydrogen (secondary N) is 1. The highest BCUT2D eigenvalue weighted by molar-refractivity contribution is 9.10. The summed E-state index contributed by atoms with van der Waals surface area (Å²) in [4.78, 5) is 3.94. The molecule has 1 aromatic heterocycles. The molecule has 1 unspecified atom stereocenters. The molecule has 1 aromatic carbocycles. The maximum absolute atomic E-state index is 6.17. The van der Waals surface area contributed by atoms with E-state index in [9.17, 15) is 0 Å². The second-order valence-electron chi connectivity index (χ2n) is 3.62. The summed E-state index contributed by atoms with van der Waals surface area (Å²) < 4.78 is 5.63. The van der Waals surface area contributed by atoms with Gasteiger partial charge in [0.2, 0.25) is 6.39 Å². The monoisotopic (exact) mass is 315 g/mol. The Kier molecular flexibility index (Phi) is 4.15. The van der Waals surface area contributed by atoms with Crippen LogP contribution in [0.15, 0.2) is 33.6 Å². The predicted molar refractivity (Wildman–Crippen MR) is 68.7 cm³/mol. The quantitative estimate of drug-likeness (QED) is 0.940. The second-order valence-corrected chi connectivity index (χ2v) is 4.94. The lowest BCUT2D eigenvalue weighted by Crippen LogP contribution is -2.19. The summed E-state index contributed by atoms with van der Waals surface area (Å²) >= 11 is 9.54. The summed E-state index contributed by atoms with van der Waals surface area (Å²) in [6.45, 7) is 2.58. The van der Waals surface area contributed by atoms with Crippen LogP contribution in [0.3, 0.4) is 0 Å². The average molecular weight is 317 g/mol. The van der Waals surface area contributed by atoms with Gasteiger partial charge < -0.3 is 9.84 Å². The van der Waals surface area contributed by atoms with Gasteiger partial charge >= 0.3 is 0 Å². The van der Waals surface area contributed by atoms with Crippen LogP contribution in [0.1, 0.15) is 24.4 Å². The largest absolute Gasteiger partial charge is 0.343 e. The number of hydrogen-bond acceptors (Lipinski definition) is 4. The van der Waals surface area contributed by atoms with E-state index in [1.165, 1.54) is 6.39 Å². The molecule has 0 aliphatic rings. The molecule has 17 heavy (non-hydrogen) atoms. The SMILES string of the molecule is CC(NCc1ncon1)c1ccc(Br)cc1Cl. The lowest BCUT2D eigenvalue weighted by Gasteiger charge is -2.14. The van der Waals surface area contributed by atoms with Crippen molar-refractivity contribution < 1.29 is 4.52 Å². The Morgan fingerprint density at radius 2 is 2.35 bits per heavy atom. The fourth-order valence-electron chi connectivity index (χ4n) is 1.48. The molecule has 1 heterocycles. The number of aromatic nitrogens is 2. The van der Waals surface area contributed by atoms with Crippen LogP contribution in [-0.4, -0.2) is 10.1 Å². The van der Waals surface area contributed by atoms with Gasteiger partial charge in [0.25, 0.3) is 0 Å². The molecule has 1 atom stereocenters. The summed E-state index contributed by atoms with van der Waals surface area (Å²) in [7, 11) is 0. The minimum absolute atomic E-state index is 0.120. The van der Waals surface area contributed by atoms with E-state index in [0.29, 0.717) is 12.4 Å². The van der Waals surface area contributed by atoms with Crippen LogP contribution in [0, 0.1) is 0 Å². The summed E-state index contributed by atoms with van der Waals surface area (Å²) in [5, 5.41) is 7.74. The van der Waals surface area contributed by atoms with E-state index in [0.717, 1.165) is 15.1 Å². The first-order chi connectivity index (χ1) is 8.16. The molecule has 4 nitrogen and oxygen atoms in total. The average Bonchev–Trinajstić information content (AvgIpc) is 2.78. The summed E-state index contributed by atoms with van der Waals surface area (Å²) in [5.74, 6) is 0.630. The van der Waals surface area contributed by atoms with E-state index in [4.69, 9.17) is 11.6 Å². The maximum atomic E-state index is 6.17. The minimum Gasteiger partial charge on any atom is -0.343 e. The van der Waals surface area contributed by atoms with E-state index in [1.807, 2.05) is 25.1 Å². The second kappa shape index (κ2) is 5.62. The Morgan fingerprint density at radius 3 is 3.00 bits per heavy atom. The highest BCUT2D eigenvalue weighted by Gasteiger charge is 2.10. The molecular formula is C11H11BrClN3O. The Morgan fingerprint density at radius 1 is 1.53 bits per heavy atom. The van der Waals surface area contributed by atoms with Gasteiger partial charge in [-0.25, -0.2) is 0 Å². The standard InChI is InChI=1S/C11H11BrClN3O/c1-7(14-5-11-15-6-17-16-11)9-3-2-8(12)4-10(9)13/h2-4,6-7,14H,5H2,1H3. The molecule has 0 radical (unpaired) electrons. The van der Waals surface area contributed by atoms with Gasteiger partial charge in [-0.2, -0.15) is 4.98 Å². The van der Waals surface area contributed by atoms with Crippen LogP contribution in [0.4, 0.5) is 0 Å². The zero-order chi connectivity index (χ0) is 12.3. The van der Waals surface area contributed by atoms with Crippen LogP contribution in [-0.2, 0) is 6.54 Å². The zero-order valence-corrected chi connectivity index (χ0v) is 11.5. The number of benzene rings is 1. The first-order valence-corrected chi connectivity index (χ1v) is 6.27. The van der Waals surface area contributed by atoms with Gasteiger partial charge in [-0.15, -0.1) is 0 Å². The molecule has 0 spiro atoms. The number of nitrogens with zero attached hydrogens (tertiary/aromatic N) is 2. The fraction of sp³-hybridized carbons (Fsp3) is 0.273. The van der Waals surface area contributed by atoms with Gasteiger partial charge in [-0.05, 0) is 24.6 Å². The third kappa shape index (κ3) is 3.28. The Bertz CT molecular complexity index is 489. The van der Waals surface area contributed by atoms with Crippen molar-refractivity contribution in [3.8, 4) is 0 Å². The van der Waals surface area contributed by atoms with Crippen molar-refractivity contribution in [3.63, 3.8) is 0 Å². The molecule has 0 saturated carbocycles. The molecule has 6 heteroatoms. The Labute approximate surface area is 112 Å². The van der Waals surface area contributed by atoms with Gasteiger partial charge in [-0.1, -0.05) is 38.8 Å². The molecule has 0 amide bonds. The van der Waals surface area contributed by atoms with Crippen molar-refractivity contribution in [2.45, 2.75) is 19.5 Å². The molecule has 2 rings (SSSR count). The van der Waals surface area contributed by atoms with Crippen molar-refractivity contribution in [2.24, 2.45) is 0 Å². The first-order valence-electron chi connectivity index (χ1n) is 5.10. The van der Waals surface area contributed by atoms with Crippen molar-refractivity contribution in [3.05, 3.63) is 45.5 Å². The molecule has 1 N–H and O–H groups in total. The van der Waals surface area contributed by atoms with Gasteiger partial charge in [0.15, 0.2) is 5.82 Å². The summed E-state index contributed by atoms with van der Waals surface area (Å²) in [6, 6.07) is 5.95. The molecule has 0 bridgehead atoms.